The number of carboxylic acid groups (broad SMARTS) is 1. The summed E-state index contributed by atoms with van der Waals surface area (Å²) >= 11 is 0. The van der Waals surface area contributed by atoms with Gasteiger partial charge in [-0.25, -0.2) is 4.79 Å². The van der Waals surface area contributed by atoms with Crippen LogP contribution < -0.4 is 10.6 Å². The second-order valence-electron chi connectivity index (χ2n) is 5.00. The van der Waals surface area contributed by atoms with E-state index in [2.05, 4.69) is 10.6 Å². The van der Waals surface area contributed by atoms with Crippen LogP contribution in [0, 0.1) is 12.8 Å². The van der Waals surface area contributed by atoms with E-state index in [0.29, 0.717) is 5.69 Å². The minimum atomic E-state index is -1.20. The molecule has 1 aliphatic rings. The molecule has 0 saturated heterocycles. The van der Waals surface area contributed by atoms with Crippen LogP contribution in [0.15, 0.2) is 35.5 Å². The highest BCUT2D eigenvalue weighted by Crippen LogP contribution is 2.24. The van der Waals surface area contributed by atoms with E-state index in [0.717, 1.165) is 5.56 Å². The Hall–Kier alpha value is -2.63. The van der Waals surface area contributed by atoms with E-state index in [1.54, 1.807) is 12.1 Å². The quantitative estimate of drug-likeness (QED) is 0.784. The van der Waals surface area contributed by atoms with Gasteiger partial charge in [-0.15, -0.1) is 0 Å². The Labute approximate surface area is 121 Å². The number of hydrogen-bond donors (Lipinski definition) is 3. The standard InChI is InChI=1S/C15H16N2O4/c1-8-3-5-10(6-4-8)17-14(19)11-7-12(18)16-9(2)13(11)15(20)21/h3-6,11H,7H2,1-2H3,(H,16,18)(H,17,19)(H,20,21). The summed E-state index contributed by atoms with van der Waals surface area (Å²) in [7, 11) is 0. The number of amides is 2. The van der Waals surface area contributed by atoms with Crippen LogP contribution in [0.5, 0.6) is 0 Å². The van der Waals surface area contributed by atoms with Gasteiger partial charge < -0.3 is 15.7 Å². The Kier molecular flexibility index (Phi) is 4.07. The summed E-state index contributed by atoms with van der Waals surface area (Å²) in [6.45, 7) is 3.40. The van der Waals surface area contributed by atoms with Gasteiger partial charge in [0, 0.05) is 17.8 Å². The summed E-state index contributed by atoms with van der Waals surface area (Å²) in [5.41, 5.74) is 1.76. The first kappa shape index (κ1) is 14.8. The van der Waals surface area contributed by atoms with Crippen LogP contribution >= 0.6 is 0 Å². The number of nitrogens with one attached hydrogen (secondary N) is 2. The summed E-state index contributed by atoms with van der Waals surface area (Å²) in [5, 5.41) is 14.3. The molecule has 2 rings (SSSR count). The normalized spacial score (nSPS) is 18.2. The molecular formula is C15H16N2O4. The lowest BCUT2D eigenvalue weighted by molar-refractivity contribution is -0.136. The first-order valence-electron chi connectivity index (χ1n) is 6.50. The van der Waals surface area contributed by atoms with Crippen molar-refractivity contribution in [1.29, 1.82) is 0 Å². The number of allylic oxidation sites excluding steroid dienone is 1. The van der Waals surface area contributed by atoms with Gasteiger partial charge in [0.15, 0.2) is 0 Å². The summed E-state index contributed by atoms with van der Waals surface area (Å²) in [4.78, 5) is 35.1. The molecule has 21 heavy (non-hydrogen) atoms. The third kappa shape index (κ3) is 3.28. The van der Waals surface area contributed by atoms with E-state index >= 15 is 0 Å². The molecule has 0 aromatic heterocycles. The van der Waals surface area contributed by atoms with E-state index < -0.39 is 17.8 Å². The molecule has 0 bridgehead atoms. The van der Waals surface area contributed by atoms with E-state index in [9.17, 15) is 19.5 Å². The zero-order valence-corrected chi connectivity index (χ0v) is 11.8. The van der Waals surface area contributed by atoms with Crippen molar-refractivity contribution < 1.29 is 19.5 Å². The molecule has 3 N–H and O–H groups in total. The van der Waals surface area contributed by atoms with Gasteiger partial charge in [0.1, 0.15) is 0 Å². The number of carbonyl (C=O) groups is 3. The van der Waals surface area contributed by atoms with Gasteiger partial charge in [0.2, 0.25) is 11.8 Å². The van der Waals surface area contributed by atoms with Crippen molar-refractivity contribution in [2.45, 2.75) is 20.3 Å². The fourth-order valence-electron chi connectivity index (χ4n) is 2.28. The Balaban J connectivity index is 2.24. The highest BCUT2D eigenvalue weighted by molar-refractivity contribution is 6.05. The minimum Gasteiger partial charge on any atom is -0.478 e. The molecule has 1 aliphatic heterocycles. The number of benzene rings is 1. The summed E-state index contributed by atoms with van der Waals surface area (Å²) in [5.74, 6) is -3.04. The highest BCUT2D eigenvalue weighted by atomic mass is 16.4. The van der Waals surface area contributed by atoms with Crippen molar-refractivity contribution in [2.75, 3.05) is 5.32 Å². The number of carboxylic acids is 1. The van der Waals surface area contributed by atoms with Crippen molar-refractivity contribution in [2.24, 2.45) is 5.92 Å². The molecule has 1 unspecified atom stereocenters. The molecule has 0 saturated carbocycles. The van der Waals surface area contributed by atoms with Crippen LogP contribution in [0.2, 0.25) is 0 Å². The lowest BCUT2D eigenvalue weighted by Gasteiger charge is -2.24. The molecule has 6 nitrogen and oxygen atoms in total. The smallest absolute Gasteiger partial charge is 0.334 e. The number of aliphatic carboxylic acids is 1. The van der Waals surface area contributed by atoms with Gasteiger partial charge >= 0.3 is 5.97 Å². The van der Waals surface area contributed by atoms with E-state index in [-0.39, 0.29) is 23.6 Å². The topological polar surface area (TPSA) is 95.5 Å². The van der Waals surface area contributed by atoms with Gasteiger partial charge in [-0.1, -0.05) is 17.7 Å². The molecule has 1 atom stereocenters. The largest absolute Gasteiger partial charge is 0.478 e. The highest BCUT2D eigenvalue weighted by Gasteiger charge is 2.35. The number of rotatable bonds is 3. The first-order chi connectivity index (χ1) is 9.88. The predicted molar refractivity (Wildman–Crippen MR) is 76.4 cm³/mol. The second-order valence-corrected chi connectivity index (χ2v) is 5.00. The molecule has 110 valence electrons. The average molecular weight is 288 g/mol. The molecule has 2 amide bonds. The molecule has 6 heteroatoms. The van der Waals surface area contributed by atoms with Crippen molar-refractivity contribution in [3.63, 3.8) is 0 Å². The first-order valence-corrected chi connectivity index (χ1v) is 6.50. The van der Waals surface area contributed by atoms with Gasteiger partial charge in [-0.2, -0.15) is 0 Å². The molecule has 1 aromatic rings. The average Bonchev–Trinajstić information content (AvgIpc) is 2.39. The summed E-state index contributed by atoms with van der Waals surface area (Å²) < 4.78 is 0. The third-order valence-corrected chi connectivity index (χ3v) is 3.33. The zero-order chi connectivity index (χ0) is 15.6. The van der Waals surface area contributed by atoms with E-state index in [4.69, 9.17) is 0 Å². The maximum Gasteiger partial charge on any atom is 0.334 e. The predicted octanol–water partition coefficient (Wildman–Crippen LogP) is 1.43. The summed E-state index contributed by atoms with van der Waals surface area (Å²) in [6.07, 6.45) is -0.170. The Morgan fingerprint density at radius 2 is 1.86 bits per heavy atom. The SMILES string of the molecule is CC1=C(C(=O)O)C(C(=O)Nc2ccc(C)cc2)CC(=O)N1. The maximum atomic E-state index is 12.3. The number of carbonyl (C=O) groups excluding carboxylic acids is 2. The van der Waals surface area contributed by atoms with Crippen LogP contribution in [0.1, 0.15) is 18.9 Å². The molecule has 0 aliphatic carbocycles. The van der Waals surface area contributed by atoms with Crippen molar-refractivity contribution in [3.05, 3.63) is 41.1 Å². The van der Waals surface area contributed by atoms with Gasteiger partial charge in [0.05, 0.1) is 11.5 Å². The molecule has 1 aromatic carbocycles. The van der Waals surface area contributed by atoms with Crippen LogP contribution in [0.25, 0.3) is 0 Å². The summed E-state index contributed by atoms with van der Waals surface area (Å²) in [6, 6.07) is 7.13. The third-order valence-electron chi connectivity index (χ3n) is 3.33. The van der Waals surface area contributed by atoms with Crippen molar-refractivity contribution in [3.8, 4) is 0 Å². The fraction of sp³-hybridized carbons (Fsp3) is 0.267. The van der Waals surface area contributed by atoms with Crippen LogP contribution in [-0.4, -0.2) is 22.9 Å². The van der Waals surface area contributed by atoms with E-state index in [1.165, 1.54) is 6.92 Å². The number of aryl methyl sites for hydroxylation is 1. The lowest BCUT2D eigenvalue weighted by atomic mass is 9.89. The van der Waals surface area contributed by atoms with Gasteiger partial charge in [0.25, 0.3) is 0 Å². The molecule has 1 heterocycles. The maximum absolute atomic E-state index is 12.3. The molecule has 0 spiro atoms. The van der Waals surface area contributed by atoms with Gasteiger partial charge in [-0.3, -0.25) is 9.59 Å². The lowest BCUT2D eigenvalue weighted by Crippen LogP contribution is -2.39. The Morgan fingerprint density at radius 1 is 1.24 bits per heavy atom. The zero-order valence-electron chi connectivity index (χ0n) is 11.8. The monoisotopic (exact) mass is 288 g/mol. The van der Waals surface area contributed by atoms with E-state index in [1.807, 2.05) is 19.1 Å². The van der Waals surface area contributed by atoms with Crippen molar-refractivity contribution >= 4 is 23.5 Å². The molecule has 0 fully saturated rings. The fourth-order valence-corrected chi connectivity index (χ4v) is 2.28. The number of anilines is 1. The Morgan fingerprint density at radius 3 is 2.43 bits per heavy atom. The van der Waals surface area contributed by atoms with Crippen LogP contribution in [0.4, 0.5) is 5.69 Å². The van der Waals surface area contributed by atoms with Crippen LogP contribution in [0.3, 0.4) is 0 Å². The molecule has 0 radical (unpaired) electrons. The number of hydrogen-bond acceptors (Lipinski definition) is 3. The van der Waals surface area contributed by atoms with Crippen LogP contribution in [-0.2, 0) is 14.4 Å². The molecular weight excluding hydrogens is 272 g/mol. The van der Waals surface area contributed by atoms with Gasteiger partial charge in [-0.05, 0) is 26.0 Å². The van der Waals surface area contributed by atoms with Crippen molar-refractivity contribution in [1.82, 2.24) is 5.32 Å². The Bertz CT molecular complexity index is 632. The minimum absolute atomic E-state index is 0.0702. The second kappa shape index (κ2) is 5.78.